The van der Waals surface area contributed by atoms with Gasteiger partial charge in [-0.15, -0.1) is 0 Å². The molecule has 2 aliphatic rings. The monoisotopic (exact) mass is 840 g/mol. The molecule has 0 atom stereocenters. The van der Waals surface area contributed by atoms with Crippen molar-refractivity contribution in [2.75, 3.05) is 4.90 Å². The van der Waals surface area contributed by atoms with Crippen LogP contribution in [0.1, 0.15) is 22.3 Å². The van der Waals surface area contributed by atoms with E-state index in [1.54, 1.807) is 0 Å². The maximum Gasteiger partial charge on any atom is 0.152 e. The lowest BCUT2D eigenvalue weighted by Gasteiger charge is -2.33. The Kier molecular flexibility index (Phi) is 7.90. The van der Waals surface area contributed by atoms with Crippen molar-refractivity contribution < 1.29 is 4.74 Å². The van der Waals surface area contributed by atoms with Crippen LogP contribution in [0.15, 0.2) is 243 Å². The normalized spacial score (nSPS) is 13.4. The molecule has 3 heteroatoms. The van der Waals surface area contributed by atoms with Crippen molar-refractivity contribution >= 4 is 60.4 Å². The first-order chi connectivity index (χ1) is 32.7. The molecule has 0 spiro atoms. The standard InChI is InChI=1S/C63H40N2O/c1-4-16-46(17-5-1)63(47-18-6-2-7-19-47)54-24-12-10-23-51(54)62-52-39-45-37-49(32-28-41(45)36-44(52)29-33-55(62)63)65-56-25-13-11-22-50(56)53-38-42(30-34-57(53)65)43-31-35-59-61(40-43)66-60-27-15-14-26-58(60)64(59)48-20-8-3-9-21-48/h1-40H. The average molecular weight is 841 g/mol. The van der Waals surface area contributed by atoms with Crippen molar-refractivity contribution in [2.45, 2.75) is 5.41 Å². The minimum Gasteiger partial charge on any atom is -0.453 e. The van der Waals surface area contributed by atoms with Crippen LogP contribution < -0.4 is 9.64 Å². The topological polar surface area (TPSA) is 17.4 Å². The third kappa shape index (κ3) is 5.26. The Morgan fingerprint density at radius 1 is 0.348 bits per heavy atom. The van der Waals surface area contributed by atoms with E-state index in [0.29, 0.717) is 0 Å². The highest BCUT2D eigenvalue weighted by atomic mass is 16.5. The van der Waals surface area contributed by atoms with Crippen LogP contribution in [-0.4, -0.2) is 4.57 Å². The van der Waals surface area contributed by atoms with Crippen molar-refractivity contribution in [3.05, 3.63) is 265 Å². The van der Waals surface area contributed by atoms with Crippen LogP contribution in [0, 0.1) is 0 Å². The molecule has 0 unspecified atom stereocenters. The number of hydrogen-bond acceptors (Lipinski definition) is 2. The number of hydrogen-bond donors (Lipinski definition) is 0. The summed E-state index contributed by atoms with van der Waals surface area (Å²) in [5.41, 5.74) is 16.3. The molecule has 0 amide bonds. The molecule has 308 valence electrons. The molecule has 0 fully saturated rings. The molecule has 66 heavy (non-hydrogen) atoms. The molecule has 12 aromatic rings. The molecule has 0 saturated heterocycles. The third-order valence-corrected chi connectivity index (χ3v) is 14.2. The van der Waals surface area contributed by atoms with Gasteiger partial charge in [-0.2, -0.15) is 0 Å². The van der Waals surface area contributed by atoms with Crippen LogP contribution in [0.3, 0.4) is 0 Å². The Morgan fingerprint density at radius 2 is 1.00 bits per heavy atom. The summed E-state index contributed by atoms with van der Waals surface area (Å²) < 4.78 is 9.05. The first kappa shape index (κ1) is 36.8. The summed E-state index contributed by atoms with van der Waals surface area (Å²) in [4.78, 5) is 2.29. The molecule has 1 aromatic heterocycles. The fourth-order valence-corrected chi connectivity index (χ4v) is 11.4. The van der Waals surface area contributed by atoms with Crippen LogP contribution in [-0.2, 0) is 5.41 Å². The van der Waals surface area contributed by atoms with Crippen LogP contribution in [0.2, 0.25) is 0 Å². The fraction of sp³-hybridized carbons (Fsp3) is 0.0159. The second-order valence-electron chi connectivity index (χ2n) is 17.6. The minimum absolute atomic E-state index is 0.443. The Hall–Kier alpha value is -8.66. The van der Waals surface area contributed by atoms with Gasteiger partial charge in [-0.1, -0.05) is 164 Å². The summed E-state index contributed by atoms with van der Waals surface area (Å²) in [5, 5.41) is 7.39. The van der Waals surface area contributed by atoms with Gasteiger partial charge in [-0.3, -0.25) is 0 Å². The second-order valence-corrected chi connectivity index (χ2v) is 17.6. The van der Waals surface area contributed by atoms with Crippen molar-refractivity contribution in [3.8, 4) is 39.4 Å². The van der Waals surface area contributed by atoms with Gasteiger partial charge in [0.05, 0.1) is 27.8 Å². The maximum atomic E-state index is 6.62. The van der Waals surface area contributed by atoms with Crippen LogP contribution in [0.4, 0.5) is 17.1 Å². The van der Waals surface area contributed by atoms with E-state index in [9.17, 15) is 0 Å². The zero-order valence-electron chi connectivity index (χ0n) is 35.9. The summed E-state index contributed by atoms with van der Waals surface area (Å²) in [6.45, 7) is 0. The van der Waals surface area contributed by atoms with Gasteiger partial charge in [-0.05, 0) is 145 Å². The van der Waals surface area contributed by atoms with E-state index < -0.39 is 5.41 Å². The number of aromatic nitrogens is 1. The van der Waals surface area contributed by atoms with Gasteiger partial charge in [0, 0.05) is 22.1 Å². The summed E-state index contributed by atoms with van der Waals surface area (Å²) in [7, 11) is 0. The molecule has 1 aliphatic heterocycles. The van der Waals surface area contributed by atoms with Crippen LogP contribution in [0.5, 0.6) is 11.5 Å². The molecular formula is C63H40N2O. The van der Waals surface area contributed by atoms with Crippen molar-refractivity contribution in [3.63, 3.8) is 0 Å². The highest BCUT2D eigenvalue weighted by molar-refractivity contribution is 6.12. The fourth-order valence-electron chi connectivity index (χ4n) is 11.4. The quantitative estimate of drug-likeness (QED) is 0.161. The van der Waals surface area contributed by atoms with Crippen molar-refractivity contribution in [1.82, 2.24) is 4.57 Å². The number of rotatable bonds is 5. The smallest absolute Gasteiger partial charge is 0.152 e. The number of nitrogens with zero attached hydrogens (tertiary/aromatic N) is 2. The molecule has 1 aliphatic carbocycles. The highest BCUT2D eigenvalue weighted by Gasteiger charge is 2.46. The Morgan fingerprint density at radius 3 is 1.83 bits per heavy atom. The Balaban J connectivity index is 0.916. The number of para-hydroxylation sites is 4. The van der Waals surface area contributed by atoms with Crippen LogP contribution in [0.25, 0.3) is 71.3 Å². The van der Waals surface area contributed by atoms with Gasteiger partial charge in [0.25, 0.3) is 0 Å². The lowest BCUT2D eigenvalue weighted by molar-refractivity contribution is 0.477. The Labute approximate surface area is 382 Å². The van der Waals surface area contributed by atoms with Crippen LogP contribution >= 0.6 is 0 Å². The molecular weight excluding hydrogens is 801 g/mol. The first-order valence-electron chi connectivity index (χ1n) is 22.7. The van der Waals surface area contributed by atoms with Gasteiger partial charge in [0.1, 0.15) is 0 Å². The number of benzene rings is 11. The van der Waals surface area contributed by atoms with E-state index in [1.807, 2.05) is 12.1 Å². The van der Waals surface area contributed by atoms with Gasteiger partial charge < -0.3 is 14.2 Å². The van der Waals surface area contributed by atoms with E-state index in [4.69, 9.17) is 4.74 Å². The molecule has 2 heterocycles. The summed E-state index contributed by atoms with van der Waals surface area (Å²) in [5.74, 6) is 1.68. The molecule has 0 bridgehead atoms. The molecule has 0 saturated carbocycles. The molecule has 11 aromatic carbocycles. The minimum atomic E-state index is -0.443. The first-order valence-corrected chi connectivity index (χ1v) is 22.7. The maximum absolute atomic E-state index is 6.62. The van der Waals surface area contributed by atoms with E-state index >= 15 is 0 Å². The van der Waals surface area contributed by atoms with E-state index in [2.05, 4.69) is 240 Å². The SMILES string of the molecule is c1ccc(N2c3ccccc3Oc3cc(-c4ccc5c(c4)c4ccccc4n5-c4ccc5cc6ccc7c(c6cc5c4)-c4ccccc4C7(c4ccccc4)c4ccccc4)ccc32)cc1. The third-order valence-electron chi connectivity index (χ3n) is 14.2. The van der Waals surface area contributed by atoms with Crippen molar-refractivity contribution in [1.29, 1.82) is 0 Å². The summed E-state index contributed by atoms with van der Waals surface area (Å²) >= 11 is 0. The number of anilines is 3. The largest absolute Gasteiger partial charge is 0.453 e. The van der Waals surface area contributed by atoms with E-state index in [0.717, 1.165) is 45.4 Å². The molecule has 0 radical (unpaired) electrons. The number of ether oxygens (including phenoxy) is 1. The van der Waals surface area contributed by atoms with Gasteiger partial charge >= 0.3 is 0 Å². The molecule has 3 nitrogen and oxygen atoms in total. The van der Waals surface area contributed by atoms with Gasteiger partial charge in [0.2, 0.25) is 0 Å². The van der Waals surface area contributed by atoms with E-state index in [1.165, 1.54) is 76.7 Å². The highest BCUT2D eigenvalue weighted by Crippen LogP contribution is 2.58. The predicted octanol–water partition coefficient (Wildman–Crippen LogP) is 16.7. The van der Waals surface area contributed by atoms with Gasteiger partial charge in [0.15, 0.2) is 11.5 Å². The Bertz CT molecular complexity index is 3870. The number of fused-ring (bicyclic) bond motifs is 11. The second kappa shape index (κ2) is 14.2. The van der Waals surface area contributed by atoms with E-state index in [-0.39, 0.29) is 0 Å². The summed E-state index contributed by atoms with van der Waals surface area (Å²) in [6, 6.07) is 88.8. The lowest BCUT2D eigenvalue weighted by Crippen LogP contribution is -2.28. The molecule has 14 rings (SSSR count). The average Bonchev–Trinajstić information content (AvgIpc) is 3.88. The zero-order chi connectivity index (χ0) is 43.3. The predicted molar refractivity (Wildman–Crippen MR) is 273 cm³/mol. The van der Waals surface area contributed by atoms with Crippen molar-refractivity contribution in [2.24, 2.45) is 0 Å². The summed E-state index contributed by atoms with van der Waals surface area (Å²) in [6.07, 6.45) is 0. The molecule has 0 N–H and O–H groups in total. The lowest BCUT2D eigenvalue weighted by atomic mass is 9.67. The zero-order valence-corrected chi connectivity index (χ0v) is 35.9. The van der Waals surface area contributed by atoms with Gasteiger partial charge in [-0.25, -0.2) is 0 Å².